The number of likely N-dealkylation sites (tertiary alicyclic amines) is 1. The van der Waals surface area contributed by atoms with Gasteiger partial charge < -0.3 is 20.3 Å². The fraction of sp³-hybridized carbons (Fsp3) is 0.857. The summed E-state index contributed by atoms with van der Waals surface area (Å²) in [4.78, 5) is 25.4. The van der Waals surface area contributed by atoms with E-state index < -0.39 is 30.1 Å². The minimum absolute atomic E-state index is 0.00211. The number of amides is 2. The molecule has 2 amide bonds. The number of halogens is 3. The van der Waals surface area contributed by atoms with Crippen molar-refractivity contribution in [1.29, 1.82) is 0 Å². The van der Waals surface area contributed by atoms with E-state index in [9.17, 15) is 22.8 Å². The summed E-state index contributed by atoms with van der Waals surface area (Å²) >= 11 is 0. The van der Waals surface area contributed by atoms with Gasteiger partial charge in [0.1, 0.15) is 12.6 Å². The first kappa shape index (κ1) is 18.0. The summed E-state index contributed by atoms with van der Waals surface area (Å²) in [6.07, 6.45) is -3.09. The Morgan fingerprint density at radius 3 is 2.65 bits per heavy atom. The van der Waals surface area contributed by atoms with E-state index in [-0.39, 0.29) is 25.5 Å². The van der Waals surface area contributed by atoms with Crippen molar-refractivity contribution >= 4 is 11.8 Å². The monoisotopic (exact) mass is 337 g/mol. The van der Waals surface area contributed by atoms with Crippen molar-refractivity contribution in [3.05, 3.63) is 0 Å². The van der Waals surface area contributed by atoms with Crippen molar-refractivity contribution in [2.75, 3.05) is 39.9 Å². The van der Waals surface area contributed by atoms with Gasteiger partial charge in [-0.05, 0) is 32.4 Å². The second kappa shape index (κ2) is 7.04. The van der Waals surface area contributed by atoms with Crippen molar-refractivity contribution in [2.24, 2.45) is 5.41 Å². The first-order valence-corrected chi connectivity index (χ1v) is 7.64. The zero-order valence-corrected chi connectivity index (χ0v) is 13.0. The molecule has 0 aromatic heterocycles. The molecule has 2 aliphatic rings. The van der Waals surface area contributed by atoms with E-state index in [4.69, 9.17) is 4.74 Å². The summed E-state index contributed by atoms with van der Waals surface area (Å²) in [5, 5.41) is 5.79. The van der Waals surface area contributed by atoms with E-state index >= 15 is 0 Å². The Morgan fingerprint density at radius 2 is 2.09 bits per heavy atom. The summed E-state index contributed by atoms with van der Waals surface area (Å²) in [5.74, 6) is -0.981. The van der Waals surface area contributed by atoms with Crippen molar-refractivity contribution in [1.82, 2.24) is 15.5 Å². The molecule has 6 nitrogen and oxygen atoms in total. The lowest BCUT2D eigenvalue weighted by molar-refractivity contribution is -0.158. The molecule has 23 heavy (non-hydrogen) atoms. The van der Waals surface area contributed by atoms with E-state index in [2.05, 4.69) is 10.6 Å². The molecule has 0 aliphatic carbocycles. The molecule has 0 aromatic rings. The SMILES string of the molecule is COCC1(C(=O)NC2CCN(CC(F)(F)F)C2=O)CCNCC1. The molecule has 1 atom stereocenters. The second-order valence-electron chi connectivity index (χ2n) is 6.15. The Balaban J connectivity index is 1.98. The Morgan fingerprint density at radius 1 is 1.43 bits per heavy atom. The van der Waals surface area contributed by atoms with Crippen molar-refractivity contribution < 1.29 is 27.5 Å². The van der Waals surface area contributed by atoms with Crippen LogP contribution in [-0.2, 0) is 14.3 Å². The normalized spacial score (nSPS) is 24.8. The molecular weight excluding hydrogens is 315 g/mol. The second-order valence-corrected chi connectivity index (χ2v) is 6.15. The van der Waals surface area contributed by atoms with Crippen molar-refractivity contribution in [2.45, 2.75) is 31.5 Å². The molecule has 0 saturated carbocycles. The van der Waals surface area contributed by atoms with Crippen LogP contribution in [0.4, 0.5) is 13.2 Å². The number of carbonyl (C=O) groups is 2. The molecule has 0 spiro atoms. The highest BCUT2D eigenvalue weighted by Crippen LogP contribution is 2.30. The standard InChI is InChI=1S/C14H22F3N3O3/c1-23-9-13(3-5-18-6-4-13)12(22)19-10-2-7-20(11(10)21)8-14(15,16)17/h10,18H,2-9H2,1H3,(H,19,22). The van der Waals surface area contributed by atoms with Crippen LogP contribution in [-0.4, -0.2) is 68.8 Å². The summed E-state index contributed by atoms with van der Waals surface area (Å²) in [6.45, 7) is 0.284. The van der Waals surface area contributed by atoms with E-state index in [1.54, 1.807) is 0 Å². The lowest BCUT2D eigenvalue weighted by Crippen LogP contribution is -2.54. The van der Waals surface area contributed by atoms with Crippen LogP contribution in [0.3, 0.4) is 0 Å². The molecule has 2 saturated heterocycles. The maximum Gasteiger partial charge on any atom is 0.406 e. The molecule has 132 valence electrons. The molecule has 9 heteroatoms. The van der Waals surface area contributed by atoms with E-state index in [0.717, 1.165) is 4.90 Å². The quantitative estimate of drug-likeness (QED) is 0.756. The first-order valence-electron chi connectivity index (χ1n) is 7.64. The van der Waals surface area contributed by atoms with Gasteiger partial charge in [0, 0.05) is 13.7 Å². The largest absolute Gasteiger partial charge is 0.406 e. The van der Waals surface area contributed by atoms with Gasteiger partial charge in [0.2, 0.25) is 11.8 Å². The molecule has 0 bridgehead atoms. The molecule has 2 fully saturated rings. The lowest BCUT2D eigenvalue weighted by Gasteiger charge is -2.36. The van der Waals surface area contributed by atoms with Gasteiger partial charge in [-0.3, -0.25) is 9.59 Å². The third-order valence-corrected chi connectivity index (χ3v) is 4.44. The van der Waals surface area contributed by atoms with E-state index in [0.29, 0.717) is 25.9 Å². The Hall–Kier alpha value is -1.35. The summed E-state index contributed by atoms with van der Waals surface area (Å²) in [6, 6.07) is -0.881. The molecule has 0 aromatic carbocycles. The zero-order chi connectivity index (χ0) is 17.1. The van der Waals surface area contributed by atoms with Gasteiger partial charge in [-0.25, -0.2) is 0 Å². The minimum Gasteiger partial charge on any atom is -0.384 e. The number of carbonyl (C=O) groups excluding carboxylic acids is 2. The predicted molar refractivity (Wildman–Crippen MR) is 75.6 cm³/mol. The third-order valence-electron chi connectivity index (χ3n) is 4.44. The molecule has 2 N–H and O–H groups in total. The summed E-state index contributed by atoms with van der Waals surface area (Å²) in [5.41, 5.74) is -0.724. The van der Waals surface area contributed by atoms with Crippen LogP contribution in [0.1, 0.15) is 19.3 Å². The minimum atomic E-state index is -4.43. The molecule has 2 heterocycles. The molecule has 2 aliphatic heterocycles. The van der Waals surface area contributed by atoms with Crippen LogP contribution in [0.15, 0.2) is 0 Å². The smallest absolute Gasteiger partial charge is 0.384 e. The van der Waals surface area contributed by atoms with Crippen molar-refractivity contribution in [3.63, 3.8) is 0 Å². The number of nitrogens with zero attached hydrogens (tertiary/aromatic N) is 1. The van der Waals surface area contributed by atoms with Crippen LogP contribution in [0.5, 0.6) is 0 Å². The van der Waals surface area contributed by atoms with Gasteiger partial charge in [0.25, 0.3) is 0 Å². The maximum atomic E-state index is 12.6. The van der Waals surface area contributed by atoms with Crippen LogP contribution >= 0.6 is 0 Å². The van der Waals surface area contributed by atoms with E-state index in [1.807, 2.05) is 0 Å². The predicted octanol–water partition coefficient (Wildman–Crippen LogP) is 0.282. The summed E-state index contributed by atoms with van der Waals surface area (Å²) < 4.78 is 42.4. The van der Waals surface area contributed by atoms with Gasteiger partial charge in [-0.15, -0.1) is 0 Å². The van der Waals surface area contributed by atoms with E-state index in [1.165, 1.54) is 7.11 Å². The zero-order valence-electron chi connectivity index (χ0n) is 13.0. The van der Waals surface area contributed by atoms with Crippen LogP contribution < -0.4 is 10.6 Å². The fourth-order valence-corrected chi connectivity index (χ4v) is 3.18. The number of ether oxygens (including phenoxy) is 1. The number of rotatable bonds is 5. The Labute approximate surface area is 132 Å². The van der Waals surface area contributed by atoms with Crippen LogP contribution in [0, 0.1) is 5.41 Å². The number of nitrogens with one attached hydrogen (secondary N) is 2. The summed E-state index contributed by atoms with van der Waals surface area (Å²) in [7, 11) is 1.50. The molecule has 2 rings (SSSR count). The van der Waals surface area contributed by atoms with Gasteiger partial charge in [0.05, 0.1) is 12.0 Å². The third kappa shape index (κ3) is 4.35. The highest BCUT2D eigenvalue weighted by atomic mass is 19.4. The number of hydrogen-bond donors (Lipinski definition) is 2. The molecular formula is C14H22F3N3O3. The first-order chi connectivity index (χ1) is 10.8. The van der Waals surface area contributed by atoms with Crippen LogP contribution in [0.25, 0.3) is 0 Å². The maximum absolute atomic E-state index is 12.6. The molecule has 0 radical (unpaired) electrons. The highest BCUT2D eigenvalue weighted by Gasteiger charge is 2.44. The Bertz CT molecular complexity index is 445. The fourth-order valence-electron chi connectivity index (χ4n) is 3.18. The number of methoxy groups -OCH3 is 1. The van der Waals surface area contributed by atoms with Crippen LogP contribution in [0.2, 0.25) is 0 Å². The topological polar surface area (TPSA) is 70.7 Å². The van der Waals surface area contributed by atoms with Gasteiger partial charge in [-0.1, -0.05) is 0 Å². The van der Waals surface area contributed by atoms with Gasteiger partial charge >= 0.3 is 6.18 Å². The van der Waals surface area contributed by atoms with Gasteiger partial charge in [-0.2, -0.15) is 13.2 Å². The van der Waals surface area contributed by atoms with Crippen molar-refractivity contribution in [3.8, 4) is 0 Å². The average Bonchev–Trinajstić information content (AvgIpc) is 2.80. The molecule has 1 unspecified atom stereocenters. The van der Waals surface area contributed by atoms with Gasteiger partial charge in [0.15, 0.2) is 0 Å². The Kier molecular flexibility index (Phi) is 5.51. The number of piperidine rings is 1. The number of alkyl halides is 3. The average molecular weight is 337 g/mol. The highest BCUT2D eigenvalue weighted by molar-refractivity contribution is 5.91. The lowest BCUT2D eigenvalue weighted by atomic mass is 9.78. The number of hydrogen-bond acceptors (Lipinski definition) is 4.